The first-order valence-electron chi connectivity index (χ1n) is 7.59. The molecule has 0 saturated heterocycles. The number of carbonyl (C=O) groups is 1. The van der Waals surface area contributed by atoms with Crippen LogP contribution in [0.25, 0.3) is 21.8 Å². The number of fused-ring (bicyclic) bond motifs is 2. The molecule has 4 heteroatoms. The number of anilines is 1. The van der Waals surface area contributed by atoms with Gasteiger partial charge in [-0.15, -0.1) is 0 Å². The van der Waals surface area contributed by atoms with Gasteiger partial charge in [0.15, 0.2) is 0 Å². The van der Waals surface area contributed by atoms with E-state index in [0.29, 0.717) is 12.1 Å². The molecule has 4 aromatic rings. The molecule has 3 N–H and O–H groups in total. The van der Waals surface area contributed by atoms with Gasteiger partial charge in [-0.25, -0.2) is 0 Å². The van der Waals surface area contributed by atoms with Crippen molar-refractivity contribution in [2.75, 3.05) is 5.73 Å². The van der Waals surface area contributed by atoms with Crippen molar-refractivity contribution in [1.29, 1.82) is 0 Å². The summed E-state index contributed by atoms with van der Waals surface area (Å²) < 4.78 is 1.73. The van der Waals surface area contributed by atoms with E-state index in [1.54, 1.807) is 4.57 Å². The van der Waals surface area contributed by atoms with Crippen LogP contribution in [0.3, 0.4) is 0 Å². The van der Waals surface area contributed by atoms with E-state index in [9.17, 15) is 4.79 Å². The first-order chi connectivity index (χ1) is 11.1. The molecule has 4 rings (SSSR count). The maximum Gasteiger partial charge on any atom is 0.235 e. The van der Waals surface area contributed by atoms with Gasteiger partial charge in [0, 0.05) is 22.8 Å². The van der Waals surface area contributed by atoms with Crippen LogP contribution in [-0.2, 0) is 6.42 Å². The molecule has 114 valence electrons. The molecule has 0 aliphatic carbocycles. The summed E-state index contributed by atoms with van der Waals surface area (Å²) in [7, 11) is 0. The van der Waals surface area contributed by atoms with Crippen LogP contribution in [0.15, 0.2) is 54.7 Å². The maximum atomic E-state index is 12.8. The van der Waals surface area contributed by atoms with E-state index in [1.165, 1.54) is 0 Å². The highest BCUT2D eigenvalue weighted by molar-refractivity contribution is 6.00. The predicted octanol–water partition coefficient (Wildman–Crippen LogP) is 3.90. The zero-order valence-corrected chi connectivity index (χ0v) is 12.8. The number of nitrogens with zero attached hydrogens (tertiary/aromatic N) is 1. The van der Waals surface area contributed by atoms with E-state index in [2.05, 4.69) is 4.98 Å². The summed E-state index contributed by atoms with van der Waals surface area (Å²) in [5.41, 5.74) is 10.5. The Bertz CT molecular complexity index is 1040. The second-order valence-electron chi connectivity index (χ2n) is 5.88. The Morgan fingerprint density at radius 2 is 2.00 bits per heavy atom. The third-order valence-electron chi connectivity index (χ3n) is 4.26. The van der Waals surface area contributed by atoms with Crippen molar-refractivity contribution in [2.45, 2.75) is 13.3 Å². The second-order valence-corrected chi connectivity index (χ2v) is 5.88. The average molecular weight is 303 g/mol. The molecule has 0 spiro atoms. The molecule has 0 fully saturated rings. The lowest BCUT2D eigenvalue weighted by Crippen LogP contribution is -2.15. The van der Waals surface area contributed by atoms with Gasteiger partial charge in [0.1, 0.15) is 0 Å². The number of rotatable bonds is 2. The standard InChI is InChI=1S/C19H17N3O/c1-12-9-15-3-2-4-16(20)19(15)22(12)18(23)11-13-5-6-17-14(10-13)7-8-21-17/h2-10,21H,11,20H2,1H3. The molecule has 0 atom stereocenters. The van der Waals surface area contributed by atoms with Gasteiger partial charge >= 0.3 is 0 Å². The SMILES string of the molecule is Cc1cc2cccc(N)c2n1C(=O)Cc1ccc2[nH]ccc2c1. The van der Waals surface area contributed by atoms with Crippen molar-refractivity contribution in [3.8, 4) is 0 Å². The molecule has 0 aliphatic heterocycles. The molecule has 0 unspecified atom stereocenters. The highest BCUT2D eigenvalue weighted by Crippen LogP contribution is 2.25. The molecule has 0 amide bonds. The summed E-state index contributed by atoms with van der Waals surface area (Å²) in [6, 6.07) is 15.8. The summed E-state index contributed by atoms with van der Waals surface area (Å²) in [5.74, 6) is 0.0327. The summed E-state index contributed by atoms with van der Waals surface area (Å²) in [6.45, 7) is 1.94. The van der Waals surface area contributed by atoms with Crippen LogP contribution >= 0.6 is 0 Å². The van der Waals surface area contributed by atoms with E-state index < -0.39 is 0 Å². The molecular weight excluding hydrogens is 286 g/mol. The number of nitrogens with one attached hydrogen (secondary N) is 1. The molecule has 0 bridgehead atoms. The van der Waals surface area contributed by atoms with Gasteiger partial charge in [-0.1, -0.05) is 18.2 Å². The molecule has 4 nitrogen and oxygen atoms in total. The summed E-state index contributed by atoms with van der Waals surface area (Å²) >= 11 is 0. The molecule has 0 aliphatic rings. The minimum atomic E-state index is 0.0327. The van der Waals surface area contributed by atoms with E-state index in [-0.39, 0.29) is 5.91 Å². The lowest BCUT2D eigenvalue weighted by molar-refractivity contribution is 0.0917. The highest BCUT2D eigenvalue weighted by Gasteiger charge is 2.15. The number of carbonyl (C=O) groups excluding carboxylic acids is 1. The normalized spacial score (nSPS) is 11.3. The third-order valence-corrected chi connectivity index (χ3v) is 4.26. The lowest BCUT2D eigenvalue weighted by atomic mass is 10.1. The number of hydrogen-bond acceptors (Lipinski definition) is 2. The summed E-state index contributed by atoms with van der Waals surface area (Å²) in [4.78, 5) is 16.0. The molecule has 23 heavy (non-hydrogen) atoms. The van der Waals surface area contributed by atoms with Crippen LogP contribution < -0.4 is 5.73 Å². The van der Waals surface area contributed by atoms with E-state index in [4.69, 9.17) is 5.73 Å². The van der Waals surface area contributed by atoms with Gasteiger partial charge in [-0.2, -0.15) is 0 Å². The first-order valence-corrected chi connectivity index (χ1v) is 7.59. The fourth-order valence-corrected chi connectivity index (χ4v) is 3.21. The number of nitrogens with two attached hydrogens (primary N) is 1. The molecule has 2 aromatic heterocycles. The number of H-pyrrole nitrogens is 1. The Kier molecular flexibility index (Phi) is 2.98. The topological polar surface area (TPSA) is 63.8 Å². The predicted molar refractivity (Wildman–Crippen MR) is 93.7 cm³/mol. The Labute approximate surface area is 133 Å². The fraction of sp³-hybridized carbons (Fsp3) is 0.105. The maximum absolute atomic E-state index is 12.8. The van der Waals surface area contributed by atoms with Gasteiger partial charge in [0.25, 0.3) is 0 Å². The van der Waals surface area contributed by atoms with E-state index >= 15 is 0 Å². The van der Waals surface area contributed by atoms with Gasteiger partial charge in [-0.3, -0.25) is 9.36 Å². The number of aromatic amines is 1. The third kappa shape index (κ3) is 2.19. The molecular formula is C19H17N3O. The largest absolute Gasteiger partial charge is 0.397 e. The molecule has 2 heterocycles. The van der Waals surface area contributed by atoms with Crippen LogP contribution in [0.5, 0.6) is 0 Å². The van der Waals surface area contributed by atoms with Gasteiger partial charge in [0.2, 0.25) is 5.91 Å². The minimum absolute atomic E-state index is 0.0327. The molecule has 2 aromatic carbocycles. The number of nitrogen functional groups attached to an aromatic ring is 1. The van der Waals surface area contributed by atoms with Crippen molar-refractivity contribution in [3.63, 3.8) is 0 Å². The quantitative estimate of drug-likeness (QED) is 0.552. The number of hydrogen-bond donors (Lipinski definition) is 2. The summed E-state index contributed by atoms with van der Waals surface area (Å²) in [5, 5.41) is 2.11. The highest BCUT2D eigenvalue weighted by atomic mass is 16.2. The minimum Gasteiger partial charge on any atom is -0.397 e. The number of para-hydroxylation sites is 1. The Balaban J connectivity index is 1.75. The van der Waals surface area contributed by atoms with Gasteiger partial charge in [0.05, 0.1) is 17.6 Å². The van der Waals surface area contributed by atoms with Crippen LogP contribution in [0.2, 0.25) is 0 Å². The zero-order valence-electron chi connectivity index (χ0n) is 12.8. The lowest BCUT2D eigenvalue weighted by Gasteiger charge is -2.09. The van der Waals surface area contributed by atoms with Crippen molar-refractivity contribution >= 4 is 33.4 Å². The number of aromatic nitrogens is 2. The summed E-state index contributed by atoms with van der Waals surface area (Å²) in [6.07, 6.45) is 2.25. The van der Waals surface area contributed by atoms with Crippen LogP contribution in [0, 0.1) is 6.92 Å². The van der Waals surface area contributed by atoms with Crippen LogP contribution in [0.4, 0.5) is 5.69 Å². The molecule has 0 saturated carbocycles. The van der Waals surface area contributed by atoms with Gasteiger partial charge < -0.3 is 10.7 Å². The van der Waals surface area contributed by atoms with Crippen molar-refractivity contribution in [1.82, 2.24) is 9.55 Å². The Morgan fingerprint density at radius 1 is 1.13 bits per heavy atom. The number of aryl methyl sites for hydroxylation is 1. The Morgan fingerprint density at radius 3 is 2.87 bits per heavy atom. The zero-order chi connectivity index (χ0) is 16.0. The first kappa shape index (κ1) is 13.6. The monoisotopic (exact) mass is 303 g/mol. The molecule has 0 radical (unpaired) electrons. The second kappa shape index (κ2) is 5.02. The number of benzene rings is 2. The smallest absolute Gasteiger partial charge is 0.235 e. The van der Waals surface area contributed by atoms with Crippen molar-refractivity contribution < 1.29 is 4.79 Å². The van der Waals surface area contributed by atoms with Crippen molar-refractivity contribution in [3.05, 3.63) is 66.0 Å². The van der Waals surface area contributed by atoms with Crippen LogP contribution in [0.1, 0.15) is 16.1 Å². The van der Waals surface area contributed by atoms with Crippen molar-refractivity contribution in [2.24, 2.45) is 0 Å². The van der Waals surface area contributed by atoms with E-state index in [0.717, 1.165) is 33.1 Å². The Hall–Kier alpha value is -3.01. The fourth-order valence-electron chi connectivity index (χ4n) is 3.21. The average Bonchev–Trinajstić information content (AvgIpc) is 3.10. The van der Waals surface area contributed by atoms with E-state index in [1.807, 2.05) is 61.7 Å². The van der Waals surface area contributed by atoms with Crippen LogP contribution in [-0.4, -0.2) is 15.5 Å². The van der Waals surface area contributed by atoms with Gasteiger partial charge in [-0.05, 0) is 48.2 Å².